The van der Waals surface area contributed by atoms with Gasteiger partial charge in [-0.2, -0.15) is 0 Å². The molecular weight excluding hydrogens is 356 g/mol. The lowest BCUT2D eigenvalue weighted by molar-refractivity contribution is -0.153. The Hall–Kier alpha value is -1.60. The molecule has 0 saturated carbocycles. The number of fused-ring (bicyclic) bond motifs is 1. The zero-order chi connectivity index (χ0) is 17.8. The summed E-state index contributed by atoms with van der Waals surface area (Å²) in [5.41, 5.74) is 0.937. The number of likely N-dealkylation sites (tertiary alicyclic amines) is 1. The molecule has 134 valence electrons. The highest BCUT2D eigenvalue weighted by molar-refractivity contribution is 8.01. The van der Waals surface area contributed by atoms with Gasteiger partial charge in [0.05, 0.1) is 16.0 Å². The largest absolute Gasteiger partial charge is 0.455 e. The van der Waals surface area contributed by atoms with Crippen molar-refractivity contribution < 1.29 is 14.3 Å². The fraction of sp³-hybridized carbons (Fsp3) is 0.500. The van der Waals surface area contributed by atoms with Gasteiger partial charge >= 0.3 is 5.97 Å². The maximum absolute atomic E-state index is 12.3. The Kier molecular flexibility index (Phi) is 5.96. The van der Waals surface area contributed by atoms with Crippen LogP contribution in [-0.4, -0.2) is 46.2 Å². The average molecular weight is 379 g/mol. The summed E-state index contributed by atoms with van der Waals surface area (Å²) in [5.74, 6) is -0.314. The summed E-state index contributed by atoms with van der Waals surface area (Å²) in [6.45, 7) is 3.94. The van der Waals surface area contributed by atoms with E-state index in [1.165, 1.54) is 11.8 Å². The van der Waals surface area contributed by atoms with E-state index in [1.807, 2.05) is 29.2 Å². The molecule has 1 aromatic carbocycles. The normalized spacial score (nSPS) is 20.6. The minimum Gasteiger partial charge on any atom is -0.455 e. The van der Waals surface area contributed by atoms with Gasteiger partial charge in [-0.15, -0.1) is 11.3 Å². The lowest BCUT2D eigenvalue weighted by Gasteiger charge is -2.38. The molecule has 0 bridgehead atoms. The molecule has 1 saturated heterocycles. The number of esters is 1. The Morgan fingerprint density at radius 2 is 2.00 bits per heavy atom. The highest BCUT2D eigenvalue weighted by Gasteiger charge is 2.29. The van der Waals surface area contributed by atoms with Gasteiger partial charge in [0.25, 0.3) is 5.91 Å². The summed E-state index contributed by atoms with van der Waals surface area (Å²) in [6.07, 6.45) is 3.17. The predicted octanol–water partition coefficient (Wildman–Crippen LogP) is 3.72. The van der Waals surface area contributed by atoms with Crippen molar-refractivity contribution in [1.29, 1.82) is 0 Å². The fourth-order valence-electron chi connectivity index (χ4n) is 3.20. The Balaban J connectivity index is 1.46. The minimum absolute atomic E-state index is 0.0990. The fourth-order valence-corrected chi connectivity index (χ4v) is 5.07. The zero-order valence-electron chi connectivity index (χ0n) is 14.4. The van der Waals surface area contributed by atoms with Gasteiger partial charge in [0.15, 0.2) is 10.9 Å². The second kappa shape index (κ2) is 8.19. The molecule has 0 aliphatic carbocycles. The van der Waals surface area contributed by atoms with Crippen molar-refractivity contribution in [1.82, 2.24) is 9.88 Å². The Bertz CT molecular complexity index is 719. The quantitative estimate of drug-likeness (QED) is 0.586. The SMILES string of the molecule is CC1CCCC(C)N1C(=O)COC(=O)CSc1nc2ccccc2s1. The molecular formula is C18H22N2O3S2. The first-order valence-corrected chi connectivity index (χ1v) is 10.3. The van der Waals surface area contributed by atoms with Crippen molar-refractivity contribution in [2.24, 2.45) is 0 Å². The van der Waals surface area contributed by atoms with Crippen LogP contribution in [0.2, 0.25) is 0 Å². The first-order valence-electron chi connectivity index (χ1n) is 8.49. The van der Waals surface area contributed by atoms with Gasteiger partial charge in [-0.05, 0) is 45.2 Å². The maximum Gasteiger partial charge on any atom is 0.316 e. The summed E-state index contributed by atoms with van der Waals surface area (Å²) in [4.78, 5) is 30.6. The molecule has 0 spiro atoms. The molecule has 2 aromatic rings. The van der Waals surface area contributed by atoms with Crippen LogP contribution < -0.4 is 0 Å². The number of carbonyl (C=O) groups is 2. The number of thiazole rings is 1. The van der Waals surface area contributed by atoms with E-state index in [0.29, 0.717) is 0 Å². The molecule has 1 aliphatic rings. The van der Waals surface area contributed by atoms with Gasteiger partial charge < -0.3 is 9.64 Å². The van der Waals surface area contributed by atoms with Crippen LogP contribution >= 0.6 is 23.1 Å². The van der Waals surface area contributed by atoms with Crippen LogP contribution in [-0.2, 0) is 14.3 Å². The van der Waals surface area contributed by atoms with E-state index in [1.54, 1.807) is 11.3 Å². The third kappa shape index (κ3) is 4.52. The van der Waals surface area contributed by atoms with Crippen LogP contribution in [0.4, 0.5) is 0 Å². The van der Waals surface area contributed by atoms with E-state index in [4.69, 9.17) is 4.74 Å². The third-order valence-corrected chi connectivity index (χ3v) is 6.58. The predicted molar refractivity (Wildman–Crippen MR) is 101 cm³/mol. The molecule has 0 N–H and O–H groups in total. The number of hydrogen-bond donors (Lipinski definition) is 0. The smallest absolute Gasteiger partial charge is 0.316 e. The molecule has 2 atom stereocenters. The standard InChI is InChI=1S/C18H22N2O3S2/c1-12-6-5-7-13(2)20(12)16(21)10-23-17(22)11-24-18-19-14-8-3-4-9-15(14)25-18/h3-4,8-9,12-13H,5-7,10-11H2,1-2H3. The maximum atomic E-state index is 12.3. The molecule has 25 heavy (non-hydrogen) atoms. The number of para-hydroxylation sites is 1. The van der Waals surface area contributed by atoms with Gasteiger partial charge in [-0.25, -0.2) is 4.98 Å². The van der Waals surface area contributed by atoms with Crippen LogP contribution in [0.1, 0.15) is 33.1 Å². The molecule has 1 amide bonds. The number of aromatic nitrogens is 1. The summed E-state index contributed by atoms with van der Waals surface area (Å²) in [6, 6.07) is 8.30. The molecule has 0 radical (unpaired) electrons. The van der Waals surface area contributed by atoms with Crippen LogP contribution in [0.3, 0.4) is 0 Å². The average Bonchev–Trinajstić information content (AvgIpc) is 3.01. The van der Waals surface area contributed by atoms with E-state index in [2.05, 4.69) is 18.8 Å². The molecule has 2 unspecified atom stereocenters. The Labute approximate surface area is 155 Å². The molecule has 1 fully saturated rings. The van der Waals surface area contributed by atoms with Crippen LogP contribution in [0.25, 0.3) is 10.2 Å². The lowest BCUT2D eigenvalue weighted by Crippen LogP contribution is -2.49. The molecule has 5 nitrogen and oxygen atoms in total. The van der Waals surface area contributed by atoms with E-state index in [9.17, 15) is 9.59 Å². The molecule has 7 heteroatoms. The lowest BCUT2D eigenvalue weighted by atomic mass is 9.97. The van der Waals surface area contributed by atoms with E-state index in [-0.39, 0.29) is 36.3 Å². The van der Waals surface area contributed by atoms with Crippen molar-refractivity contribution in [3.8, 4) is 0 Å². The number of ether oxygens (including phenoxy) is 1. The second-order valence-electron chi connectivity index (χ2n) is 6.33. The topological polar surface area (TPSA) is 59.5 Å². The molecule has 3 rings (SSSR count). The van der Waals surface area contributed by atoms with Crippen molar-refractivity contribution >= 4 is 45.2 Å². The number of rotatable bonds is 5. The second-order valence-corrected chi connectivity index (χ2v) is 8.58. The summed E-state index contributed by atoms with van der Waals surface area (Å²) in [7, 11) is 0. The van der Waals surface area contributed by atoms with Gasteiger partial charge in [0.2, 0.25) is 0 Å². The van der Waals surface area contributed by atoms with Gasteiger partial charge in [-0.3, -0.25) is 9.59 Å². The number of benzene rings is 1. The Morgan fingerprint density at radius 3 is 2.72 bits per heavy atom. The summed E-state index contributed by atoms with van der Waals surface area (Å²) < 4.78 is 7.11. The van der Waals surface area contributed by atoms with Crippen molar-refractivity contribution in [2.75, 3.05) is 12.4 Å². The first-order chi connectivity index (χ1) is 12.0. The van der Waals surface area contributed by atoms with E-state index in [0.717, 1.165) is 33.8 Å². The van der Waals surface area contributed by atoms with Crippen molar-refractivity contribution in [3.63, 3.8) is 0 Å². The van der Waals surface area contributed by atoms with Crippen molar-refractivity contribution in [3.05, 3.63) is 24.3 Å². The van der Waals surface area contributed by atoms with Gasteiger partial charge in [0, 0.05) is 12.1 Å². The first kappa shape index (κ1) is 18.2. The number of thioether (sulfide) groups is 1. The summed E-state index contributed by atoms with van der Waals surface area (Å²) >= 11 is 2.91. The number of amides is 1. The number of hydrogen-bond acceptors (Lipinski definition) is 6. The Morgan fingerprint density at radius 1 is 1.28 bits per heavy atom. The highest BCUT2D eigenvalue weighted by Crippen LogP contribution is 2.29. The molecule has 1 aliphatic heterocycles. The van der Waals surface area contributed by atoms with Gasteiger partial charge in [-0.1, -0.05) is 23.9 Å². The summed E-state index contributed by atoms with van der Waals surface area (Å²) in [5, 5.41) is 0. The van der Waals surface area contributed by atoms with Gasteiger partial charge in [0.1, 0.15) is 0 Å². The minimum atomic E-state index is -0.380. The van der Waals surface area contributed by atoms with E-state index < -0.39 is 0 Å². The monoisotopic (exact) mass is 378 g/mol. The molecule has 1 aromatic heterocycles. The van der Waals surface area contributed by atoms with Crippen LogP contribution in [0.5, 0.6) is 0 Å². The van der Waals surface area contributed by atoms with E-state index >= 15 is 0 Å². The van der Waals surface area contributed by atoms with Crippen LogP contribution in [0.15, 0.2) is 28.6 Å². The third-order valence-electron chi connectivity index (χ3n) is 4.43. The number of nitrogens with zero attached hydrogens (tertiary/aromatic N) is 2. The zero-order valence-corrected chi connectivity index (χ0v) is 16.1. The van der Waals surface area contributed by atoms with Crippen molar-refractivity contribution in [2.45, 2.75) is 49.5 Å². The molecule has 2 heterocycles. The van der Waals surface area contributed by atoms with Crippen LogP contribution in [0, 0.1) is 0 Å². The highest BCUT2D eigenvalue weighted by atomic mass is 32.2. The number of carbonyl (C=O) groups excluding carboxylic acids is 2. The number of piperidine rings is 1.